The standard InChI is InChI=1S/C7H7BrClNS/c8-4-5-1-2-7(11-10)6(9)3-5/h1-3H,4,10H2. The van der Waals surface area contributed by atoms with E-state index in [1.165, 1.54) is 11.9 Å². The van der Waals surface area contributed by atoms with Gasteiger partial charge in [-0.05, 0) is 29.6 Å². The fraction of sp³-hybridized carbons (Fsp3) is 0.143. The van der Waals surface area contributed by atoms with E-state index >= 15 is 0 Å². The van der Waals surface area contributed by atoms with Crippen LogP contribution < -0.4 is 5.14 Å². The first-order valence-corrected chi connectivity index (χ1v) is 5.37. The highest BCUT2D eigenvalue weighted by molar-refractivity contribution is 9.08. The summed E-state index contributed by atoms with van der Waals surface area (Å²) in [7, 11) is 0. The first-order valence-electron chi connectivity index (χ1n) is 2.99. The van der Waals surface area contributed by atoms with Crippen LogP contribution >= 0.6 is 39.5 Å². The lowest BCUT2D eigenvalue weighted by molar-refractivity contribution is 1.36. The highest BCUT2D eigenvalue weighted by Gasteiger charge is 1.99. The second kappa shape index (κ2) is 4.36. The molecule has 0 saturated carbocycles. The molecule has 0 aliphatic rings. The van der Waals surface area contributed by atoms with Crippen LogP contribution in [0.4, 0.5) is 0 Å². The predicted octanol–water partition coefficient (Wildman–Crippen LogP) is 3.20. The molecule has 1 aromatic carbocycles. The molecule has 0 amide bonds. The summed E-state index contributed by atoms with van der Waals surface area (Å²) >= 11 is 10.4. The van der Waals surface area contributed by atoms with Crippen LogP contribution in [0.15, 0.2) is 23.1 Å². The van der Waals surface area contributed by atoms with Gasteiger partial charge >= 0.3 is 0 Å². The van der Waals surface area contributed by atoms with Crippen LogP contribution in [-0.4, -0.2) is 0 Å². The van der Waals surface area contributed by atoms with Crippen molar-refractivity contribution in [2.75, 3.05) is 0 Å². The first kappa shape index (κ1) is 9.39. The van der Waals surface area contributed by atoms with Gasteiger partial charge in [0.25, 0.3) is 0 Å². The molecule has 0 fully saturated rings. The third-order valence-electron chi connectivity index (χ3n) is 1.28. The Morgan fingerprint density at radius 2 is 2.27 bits per heavy atom. The molecule has 2 N–H and O–H groups in total. The molecular weight excluding hydrogens is 246 g/mol. The molecule has 0 heterocycles. The molecule has 60 valence electrons. The van der Waals surface area contributed by atoms with E-state index < -0.39 is 0 Å². The van der Waals surface area contributed by atoms with Crippen molar-refractivity contribution in [1.29, 1.82) is 0 Å². The van der Waals surface area contributed by atoms with E-state index in [9.17, 15) is 0 Å². The van der Waals surface area contributed by atoms with Crippen LogP contribution in [0.2, 0.25) is 5.02 Å². The Morgan fingerprint density at radius 1 is 1.55 bits per heavy atom. The van der Waals surface area contributed by atoms with E-state index in [4.69, 9.17) is 16.7 Å². The Labute approximate surface area is 83.6 Å². The summed E-state index contributed by atoms with van der Waals surface area (Å²) in [5, 5.41) is 6.90. The van der Waals surface area contributed by atoms with Crippen molar-refractivity contribution >= 4 is 39.5 Å². The molecule has 11 heavy (non-hydrogen) atoms. The minimum atomic E-state index is 0.717. The zero-order chi connectivity index (χ0) is 8.27. The zero-order valence-electron chi connectivity index (χ0n) is 5.68. The summed E-state index contributed by atoms with van der Waals surface area (Å²) in [6.45, 7) is 0. The van der Waals surface area contributed by atoms with Crippen LogP contribution in [0.5, 0.6) is 0 Å². The zero-order valence-corrected chi connectivity index (χ0v) is 8.84. The summed E-state index contributed by atoms with van der Waals surface area (Å²) in [4.78, 5) is 0.913. The number of hydrogen-bond donors (Lipinski definition) is 1. The molecule has 0 unspecified atom stereocenters. The molecule has 1 rings (SSSR count). The fourth-order valence-electron chi connectivity index (χ4n) is 0.723. The molecule has 1 aromatic rings. The van der Waals surface area contributed by atoms with Crippen LogP contribution in [-0.2, 0) is 5.33 Å². The van der Waals surface area contributed by atoms with Gasteiger partial charge in [0, 0.05) is 10.2 Å². The summed E-state index contributed by atoms with van der Waals surface area (Å²) in [5.74, 6) is 0. The molecule has 0 bridgehead atoms. The maximum Gasteiger partial charge on any atom is 0.0557 e. The minimum Gasteiger partial charge on any atom is -0.274 e. The lowest BCUT2D eigenvalue weighted by Gasteiger charge is -2.00. The summed E-state index contributed by atoms with van der Waals surface area (Å²) in [5.41, 5.74) is 1.16. The molecule has 4 heteroatoms. The Morgan fingerprint density at radius 3 is 2.73 bits per heavy atom. The monoisotopic (exact) mass is 251 g/mol. The molecule has 0 atom stereocenters. The third kappa shape index (κ3) is 2.37. The van der Waals surface area contributed by atoms with E-state index in [-0.39, 0.29) is 0 Å². The quantitative estimate of drug-likeness (QED) is 0.646. The van der Waals surface area contributed by atoms with Gasteiger partial charge < -0.3 is 0 Å². The van der Waals surface area contributed by atoms with Gasteiger partial charge in [0.15, 0.2) is 0 Å². The van der Waals surface area contributed by atoms with Gasteiger partial charge in [0.2, 0.25) is 0 Å². The van der Waals surface area contributed by atoms with Crippen molar-refractivity contribution in [3.63, 3.8) is 0 Å². The van der Waals surface area contributed by atoms with Crippen molar-refractivity contribution in [2.24, 2.45) is 5.14 Å². The largest absolute Gasteiger partial charge is 0.274 e. The molecule has 0 radical (unpaired) electrons. The van der Waals surface area contributed by atoms with E-state index in [2.05, 4.69) is 15.9 Å². The van der Waals surface area contributed by atoms with Crippen LogP contribution in [0.3, 0.4) is 0 Å². The lowest BCUT2D eigenvalue weighted by Crippen LogP contribution is -1.83. The molecule has 0 spiro atoms. The number of nitrogens with two attached hydrogens (primary N) is 1. The minimum absolute atomic E-state index is 0.717. The molecule has 0 aliphatic heterocycles. The van der Waals surface area contributed by atoms with Gasteiger partial charge in [-0.25, -0.2) is 0 Å². The van der Waals surface area contributed by atoms with E-state index in [1.54, 1.807) is 0 Å². The molecular formula is C7H7BrClNS. The van der Waals surface area contributed by atoms with Gasteiger partial charge in [0.05, 0.1) is 5.02 Å². The molecule has 0 aliphatic carbocycles. The summed E-state index contributed by atoms with van der Waals surface area (Å²) in [6, 6.07) is 5.82. The van der Waals surface area contributed by atoms with E-state index in [0.29, 0.717) is 0 Å². The Kier molecular flexibility index (Phi) is 3.72. The van der Waals surface area contributed by atoms with E-state index in [0.717, 1.165) is 20.8 Å². The SMILES string of the molecule is NSc1ccc(CBr)cc1Cl. The smallest absolute Gasteiger partial charge is 0.0557 e. The van der Waals surface area contributed by atoms with Crippen molar-refractivity contribution in [1.82, 2.24) is 0 Å². The molecule has 0 saturated heterocycles. The van der Waals surface area contributed by atoms with Crippen LogP contribution in [0.1, 0.15) is 5.56 Å². The Hall–Kier alpha value is 0.300. The molecule has 0 aromatic heterocycles. The van der Waals surface area contributed by atoms with Crippen molar-refractivity contribution in [3.05, 3.63) is 28.8 Å². The average molecular weight is 253 g/mol. The third-order valence-corrected chi connectivity index (χ3v) is 2.96. The number of hydrogen-bond acceptors (Lipinski definition) is 2. The highest BCUT2D eigenvalue weighted by atomic mass is 79.9. The fourth-order valence-corrected chi connectivity index (χ4v) is 1.73. The van der Waals surface area contributed by atoms with Gasteiger partial charge in [-0.2, -0.15) is 0 Å². The summed E-state index contributed by atoms with van der Waals surface area (Å²) in [6.07, 6.45) is 0. The second-order valence-corrected chi connectivity index (χ2v) is 3.66. The maximum atomic E-state index is 5.89. The average Bonchev–Trinajstić information content (AvgIpc) is 2.04. The highest BCUT2D eigenvalue weighted by Crippen LogP contribution is 2.25. The van der Waals surface area contributed by atoms with Gasteiger partial charge in [-0.1, -0.05) is 33.6 Å². The number of benzene rings is 1. The topological polar surface area (TPSA) is 26.0 Å². The number of alkyl halides is 1. The van der Waals surface area contributed by atoms with Crippen molar-refractivity contribution in [2.45, 2.75) is 10.2 Å². The molecule has 1 nitrogen and oxygen atoms in total. The normalized spacial score (nSPS) is 10.1. The van der Waals surface area contributed by atoms with Crippen LogP contribution in [0, 0.1) is 0 Å². The first-order chi connectivity index (χ1) is 5.27. The summed E-state index contributed by atoms with van der Waals surface area (Å²) < 4.78 is 0. The van der Waals surface area contributed by atoms with Crippen LogP contribution in [0.25, 0.3) is 0 Å². The lowest BCUT2D eigenvalue weighted by atomic mass is 10.2. The van der Waals surface area contributed by atoms with Crippen molar-refractivity contribution < 1.29 is 0 Å². The predicted molar refractivity (Wildman–Crippen MR) is 54.1 cm³/mol. The van der Waals surface area contributed by atoms with Gasteiger partial charge in [-0.3, -0.25) is 5.14 Å². The number of rotatable bonds is 2. The number of halogens is 2. The maximum absolute atomic E-state index is 5.89. The second-order valence-electron chi connectivity index (χ2n) is 2.02. The van der Waals surface area contributed by atoms with E-state index in [1.807, 2.05) is 18.2 Å². The Bertz CT molecular complexity index is 254. The van der Waals surface area contributed by atoms with Crippen molar-refractivity contribution in [3.8, 4) is 0 Å². The van der Waals surface area contributed by atoms with Gasteiger partial charge in [0.1, 0.15) is 0 Å². The van der Waals surface area contributed by atoms with Gasteiger partial charge in [-0.15, -0.1) is 0 Å². The Balaban J connectivity index is 2.99.